The molecule has 1 atom stereocenters. The van der Waals surface area contributed by atoms with Gasteiger partial charge in [0.1, 0.15) is 0 Å². The fraction of sp³-hybridized carbons (Fsp3) is 0.647. The van der Waals surface area contributed by atoms with Gasteiger partial charge in [-0.3, -0.25) is 9.59 Å². The molecule has 2 saturated heterocycles. The predicted octanol–water partition coefficient (Wildman–Crippen LogP) is 1.17. The quantitative estimate of drug-likeness (QED) is 0.796. The zero-order chi connectivity index (χ0) is 18.0. The van der Waals surface area contributed by atoms with Crippen LogP contribution in [0.5, 0.6) is 0 Å². The maximum Gasteiger partial charge on any atom is 0.289 e. The average molecular weight is 368 g/mol. The lowest BCUT2D eigenvalue weighted by molar-refractivity contribution is -0.138. The van der Waals surface area contributed by atoms with Gasteiger partial charge in [0.25, 0.3) is 5.91 Å². The number of rotatable bonds is 4. The van der Waals surface area contributed by atoms with Crippen molar-refractivity contribution in [2.75, 3.05) is 31.1 Å². The number of carbonyl (C=O) groups is 2. The normalized spacial score (nSPS) is 23.6. The summed E-state index contributed by atoms with van der Waals surface area (Å²) in [6.07, 6.45) is 3.19. The zero-order valence-electron chi connectivity index (χ0n) is 14.4. The van der Waals surface area contributed by atoms with Crippen LogP contribution in [0.25, 0.3) is 0 Å². The van der Waals surface area contributed by atoms with Gasteiger partial charge in [0, 0.05) is 31.6 Å². The largest absolute Gasteiger partial charge is 0.459 e. The van der Waals surface area contributed by atoms with Crippen molar-refractivity contribution in [1.82, 2.24) is 9.80 Å². The number of piperidine rings is 1. The van der Waals surface area contributed by atoms with Gasteiger partial charge >= 0.3 is 0 Å². The van der Waals surface area contributed by atoms with Gasteiger partial charge in [-0.15, -0.1) is 0 Å². The van der Waals surface area contributed by atoms with E-state index in [1.165, 1.54) is 6.26 Å². The van der Waals surface area contributed by atoms with E-state index in [1.807, 2.05) is 6.92 Å². The van der Waals surface area contributed by atoms with Crippen molar-refractivity contribution in [1.29, 1.82) is 0 Å². The highest BCUT2D eigenvalue weighted by molar-refractivity contribution is 7.91. The Morgan fingerprint density at radius 1 is 1.28 bits per heavy atom. The number of likely N-dealkylation sites (tertiary alicyclic amines) is 1. The summed E-state index contributed by atoms with van der Waals surface area (Å²) in [4.78, 5) is 28.5. The lowest BCUT2D eigenvalue weighted by Crippen LogP contribution is -2.48. The van der Waals surface area contributed by atoms with Crippen LogP contribution in [-0.4, -0.2) is 67.2 Å². The smallest absolute Gasteiger partial charge is 0.289 e. The van der Waals surface area contributed by atoms with Crippen LogP contribution in [-0.2, 0) is 14.6 Å². The van der Waals surface area contributed by atoms with Crippen molar-refractivity contribution in [3.63, 3.8) is 0 Å². The molecule has 1 aromatic heterocycles. The van der Waals surface area contributed by atoms with Gasteiger partial charge in [0.05, 0.1) is 17.8 Å². The Hall–Kier alpha value is -1.83. The Labute approximate surface area is 147 Å². The van der Waals surface area contributed by atoms with E-state index >= 15 is 0 Å². The zero-order valence-corrected chi connectivity index (χ0v) is 15.2. The average Bonchev–Trinajstić information content (AvgIpc) is 3.25. The first-order chi connectivity index (χ1) is 11.9. The van der Waals surface area contributed by atoms with Crippen LogP contribution in [0.15, 0.2) is 22.8 Å². The van der Waals surface area contributed by atoms with Gasteiger partial charge in [-0.25, -0.2) is 8.42 Å². The van der Waals surface area contributed by atoms with E-state index in [1.54, 1.807) is 21.9 Å². The fourth-order valence-corrected chi connectivity index (χ4v) is 5.47. The summed E-state index contributed by atoms with van der Waals surface area (Å²) in [6.45, 7) is 3.43. The first kappa shape index (κ1) is 18.0. The second kappa shape index (κ2) is 7.19. The Morgan fingerprint density at radius 3 is 2.52 bits per heavy atom. The minimum absolute atomic E-state index is 0.0229. The summed E-state index contributed by atoms with van der Waals surface area (Å²) >= 11 is 0. The van der Waals surface area contributed by atoms with Gasteiger partial charge in [-0.2, -0.15) is 0 Å². The highest BCUT2D eigenvalue weighted by Crippen LogP contribution is 2.25. The first-order valence-corrected chi connectivity index (χ1v) is 10.6. The molecule has 2 amide bonds. The third-order valence-corrected chi connectivity index (χ3v) is 6.89. The van der Waals surface area contributed by atoms with E-state index in [0.717, 1.165) is 0 Å². The standard InChI is InChI=1S/C17H24N2O5S/c1-2-19(14-7-11-25(22,23)12-14)16(20)13-5-8-18(9-6-13)17(21)15-4-3-10-24-15/h3-4,10,13-14H,2,5-9,11-12H2,1H3. The molecule has 1 unspecified atom stereocenters. The molecule has 0 spiro atoms. The summed E-state index contributed by atoms with van der Waals surface area (Å²) in [5, 5.41) is 0. The molecule has 0 aromatic carbocycles. The van der Waals surface area contributed by atoms with Crippen LogP contribution in [0.2, 0.25) is 0 Å². The number of furan rings is 1. The van der Waals surface area contributed by atoms with Crippen LogP contribution in [0.1, 0.15) is 36.7 Å². The van der Waals surface area contributed by atoms with Crippen molar-refractivity contribution in [3.8, 4) is 0 Å². The third kappa shape index (κ3) is 3.89. The van der Waals surface area contributed by atoms with Gasteiger partial charge in [0.2, 0.25) is 5.91 Å². The molecule has 2 aliphatic rings. The molecule has 25 heavy (non-hydrogen) atoms. The summed E-state index contributed by atoms with van der Waals surface area (Å²) < 4.78 is 28.5. The molecule has 2 fully saturated rings. The number of carbonyl (C=O) groups excluding carboxylic acids is 2. The molecule has 7 nitrogen and oxygen atoms in total. The monoisotopic (exact) mass is 368 g/mol. The minimum Gasteiger partial charge on any atom is -0.459 e. The molecule has 3 rings (SSSR count). The van der Waals surface area contributed by atoms with Crippen LogP contribution in [0.4, 0.5) is 0 Å². The summed E-state index contributed by atoms with van der Waals surface area (Å²) in [7, 11) is -3.02. The molecule has 0 saturated carbocycles. The number of hydrogen-bond acceptors (Lipinski definition) is 5. The van der Waals surface area contributed by atoms with Gasteiger partial charge in [-0.05, 0) is 38.3 Å². The maximum atomic E-state index is 12.8. The topological polar surface area (TPSA) is 87.9 Å². The van der Waals surface area contributed by atoms with Gasteiger partial charge in [0.15, 0.2) is 15.6 Å². The lowest BCUT2D eigenvalue weighted by atomic mass is 9.94. The molecule has 0 bridgehead atoms. The lowest BCUT2D eigenvalue weighted by Gasteiger charge is -2.35. The Balaban J connectivity index is 1.58. The van der Waals surface area contributed by atoms with Crippen LogP contribution in [0, 0.1) is 5.92 Å². The second-order valence-corrected chi connectivity index (χ2v) is 8.95. The maximum absolute atomic E-state index is 12.8. The van der Waals surface area contributed by atoms with E-state index in [2.05, 4.69) is 0 Å². The number of amides is 2. The Kier molecular flexibility index (Phi) is 5.17. The molecule has 0 aliphatic carbocycles. The van der Waals surface area contributed by atoms with E-state index in [0.29, 0.717) is 44.7 Å². The van der Waals surface area contributed by atoms with E-state index in [4.69, 9.17) is 4.42 Å². The molecule has 3 heterocycles. The van der Waals surface area contributed by atoms with E-state index < -0.39 is 9.84 Å². The van der Waals surface area contributed by atoms with Crippen molar-refractivity contribution in [3.05, 3.63) is 24.2 Å². The van der Waals surface area contributed by atoms with Crippen molar-refractivity contribution in [2.24, 2.45) is 5.92 Å². The molecule has 0 N–H and O–H groups in total. The fourth-order valence-electron chi connectivity index (χ4n) is 3.74. The van der Waals surface area contributed by atoms with Crippen LogP contribution < -0.4 is 0 Å². The van der Waals surface area contributed by atoms with Crippen molar-refractivity contribution < 1.29 is 22.4 Å². The summed E-state index contributed by atoms with van der Waals surface area (Å²) in [5.74, 6) is 0.278. The van der Waals surface area contributed by atoms with Gasteiger partial charge in [-0.1, -0.05) is 0 Å². The number of sulfone groups is 1. The molecule has 138 valence electrons. The Morgan fingerprint density at radius 2 is 2.00 bits per heavy atom. The van der Waals surface area contributed by atoms with Crippen molar-refractivity contribution >= 4 is 21.7 Å². The minimum atomic E-state index is -3.02. The molecule has 0 radical (unpaired) electrons. The van der Waals surface area contributed by atoms with E-state index in [9.17, 15) is 18.0 Å². The highest BCUT2D eigenvalue weighted by Gasteiger charge is 2.37. The van der Waals surface area contributed by atoms with Gasteiger partial charge < -0.3 is 14.2 Å². The molecular formula is C17H24N2O5S. The summed E-state index contributed by atoms with van der Waals surface area (Å²) in [5.41, 5.74) is 0. The molecule has 8 heteroatoms. The SMILES string of the molecule is CCN(C(=O)C1CCN(C(=O)c2ccco2)CC1)C1CCS(=O)(=O)C1. The number of nitrogens with zero attached hydrogens (tertiary/aromatic N) is 2. The molecule has 2 aliphatic heterocycles. The highest BCUT2D eigenvalue weighted by atomic mass is 32.2. The van der Waals surface area contributed by atoms with Crippen LogP contribution in [0.3, 0.4) is 0 Å². The van der Waals surface area contributed by atoms with Crippen LogP contribution >= 0.6 is 0 Å². The van der Waals surface area contributed by atoms with E-state index in [-0.39, 0.29) is 35.3 Å². The summed E-state index contributed by atoms with van der Waals surface area (Å²) in [6, 6.07) is 3.11. The Bertz CT molecular complexity index is 720. The molecular weight excluding hydrogens is 344 g/mol. The number of hydrogen-bond donors (Lipinski definition) is 0. The third-order valence-electron chi connectivity index (χ3n) is 5.14. The first-order valence-electron chi connectivity index (χ1n) is 8.75. The predicted molar refractivity (Wildman–Crippen MR) is 91.8 cm³/mol. The second-order valence-electron chi connectivity index (χ2n) is 6.72. The van der Waals surface area contributed by atoms with Crippen molar-refractivity contribution in [2.45, 2.75) is 32.2 Å². The molecule has 1 aromatic rings.